The molecule has 3 rings (SSSR count). The third-order valence-corrected chi connectivity index (χ3v) is 3.32. The maximum atomic E-state index is 12.8. The Hall–Kier alpha value is -2.88. The van der Waals surface area contributed by atoms with Gasteiger partial charge in [-0.05, 0) is 24.6 Å². The summed E-state index contributed by atoms with van der Waals surface area (Å²) >= 11 is 0. The van der Waals surface area contributed by atoms with Crippen LogP contribution in [0.5, 0.6) is 0 Å². The summed E-state index contributed by atoms with van der Waals surface area (Å²) in [5.41, 5.74) is 0.995. The lowest BCUT2D eigenvalue weighted by Gasteiger charge is -2.09. The molecule has 1 aromatic heterocycles. The van der Waals surface area contributed by atoms with Crippen LogP contribution < -0.4 is 5.43 Å². The van der Waals surface area contributed by atoms with Gasteiger partial charge < -0.3 is 9.15 Å². The van der Waals surface area contributed by atoms with Gasteiger partial charge in [-0.15, -0.1) is 0 Å². The van der Waals surface area contributed by atoms with E-state index in [1.807, 2.05) is 6.07 Å². The Balaban J connectivity index is 2.36. The molecule has 0 saturated carbocycles. The topological polar surface area (TPSA) is 56.5 Å². The highest BCUT2D eigenvalue weighted by atomic mass is 16.5. The summed E-state index contributed by atoms with van der Waals surface area (Å²) in [5.74, 6) is -0.694. The Morgan fingerprint density at radius 3 is 2.45 bits per heavy atom. The van der Waals surface area contributed by atoms with E-state index in [4.69, 9.17) is 9.15 Å². The Morgan fingerprint density at radius 2 is 1.73 bits per heavy atom. The van der Waals surface area contributed by atoms with E-state index in [2.05, 4.69) is 0 Å². The van der Waals surface area contributed by atoms with Crippen molar-refractivity contribution in [1.82, 2.24) is 0 Å². The maximum absolute atomic E-state index is 12.8. The van der Waals surface area contributed by atoms with E-state index in [1.165, 1.54) is 0 Å². The second-order valence-electron chi connectivity index (χ2n) is 4.72. The zero-order chi connectivity index (χ0) is 15.5. The minimum atomic E-state index is -0.635. The molecule has 0 spiro atoms. The van der Waals surface area contributed by atoms with Gasteiger partial charge in [0.2, 0.25) is 11.2 Å². The second kappa shape index (κ2) is 5.85. The number of carbonyl (C=O) groups excluding carboxylic acids is 1. The van der Waals surface area contributed by atoms with E-state index in [0.717, 1.165) is 0 Å². The molecule has 0 saturated heterocycles. The standard InChI is InChI=1S/C18H14O4/c1-2-21-18(20)17-15(12-8-4-3-5-9-12)16(19)13-10-6-7-11-14(13)22-17/h3-11H,2H2,1H3. The number of para-hydroxylation sites is 1. The van der Waals surface area contributed by atoms with Crippen LogP contribution in [0, 0.1) is 0 Å². The minimum absolute atomic E-state index is 0.0586. The van der Waals surface area contributed by atoms with Crippen LogP contribution in [0.1, 0.15) is 17.5 Å². The first-order chi connectivity index (χ1) is 10.7. The SMILES string of the molecule is CCOC(=O)c1oc2ccccc2c(=O)c1-c1ccccc1. The summed E-state index contributed by atoms with van der Waals surface area (Å²) in [5, 5.41) is 0.439. The molecule has 1 heterocycles. The normalized spacial score (nSPS) is 10.6. The summed E-state index contributed by atoms with van der Waals surface area (Å²) in [6.07, 6.45) is 0. The Kier molecular flexibility index (Phi) is 3.74. The Morgan fingerprint density at radius 1 is 1.05 bits per heavy atom. The van der Waals surface area contributed by atoms with Crippen molar-refractivity contribution >= 4 is 16.9 Å². The number of carbonyl (C=O) groups is 1. The van der Waals surface area contributed by atoms with Crippen LogP contribution >= 0.6 is 0 Å². The molecular formula is C18H14O4. The van der Waals surface area contributed by atoms with Gasteiger partial charge in [0.1, 0.15) is 5.58 Å². The van der Waals surface area contributed by atoms with Crippen LogP contribution in [0.4, 0.5) is 0 Å². The lowest BCUT2D eigenvalue weighted by atomic mass is 10.0. The number of hydrogen-bond donors (Lipinski definition) is 0. The van der Waals surface area contributed by atoms with E-state index in [-0.39, 0.29) is 23.4 Å². The van der Waals surface area contributed by atoms with Gasteiger partial charge in [0.05, 0.1) is 17.6 Å². The Bertz CT molecular complexity index is 878. The highest BCUT2D eigenvalue weighted by Gasteiger charge is 2.22. The molecular weight excluding hydrogens is 280 g/mol. The summed E-state index contributed by atoms with van der Waals surface area (Å²) in [4.78, 5) is 25.0. The van der Waals surface area contributed by atoms with Gasteiger partial charge in [0, 0.05) is 0 Å². The van der Waals surface area contributed by atoms with Gasteiger partial charge in [-0.1, -0.05) is 42.5 Å². The van der Waals surface area contributed by atoms with Crippen molar-refractivity contribution in [2.45, 2.75) is 6.92 Å². The van der Waals surface area contributed by atoms with Crippen molar-refractivity contribution in [2.24, 2.45) is 0 Å². The lowest BCUT2D eigenvalue weighted by molar-refractivity contribution is 0.0492. The lowest BCUT2D eigenvalue weighted by Crippen LogP contribution is -2.14. The van der Waals surface area contributed by atoms with Crippen LogP contribution in [-0.4, -0.2) is 12.6 Å². The molecule has 4 heteroatoms. The average molecular weight is 294 g/mol. The minimum Gasteiger partial charge on any atom is -0.460 e. The number of ether oxygens (including phenoxy) is 1. The molecule has 0 unspecified atom stereocenters. The fraction of sp³-hybridized carbons (Fsp3) is 0.111. The van der Waals surface area contributed by atoms with Crippen molar-refractivity contribution in [3.63, 3.8) is 0 Å². The molecule has 4 nitrogen and oxygen atoms in total. The van der Waals surface area contributed by atoms with Crippen molar-refractivity contribution in [3.8, 4) is 11.1 Å². The monoisotopic (exact) mass is 294 g/mol. The number of benzene rings is 2. The summed E-state index contributed by atoms with van der Waals surface area (Å²) in [6, 6.07) is 15.8. The second-order valence-corrected chi connectivity index (χ2v) is 4.72. The van der Waals surface area contributed by atoms with Crippen LogP contribution in [0.15, 0.2) is 63.8 Å². The molecule has 0 aliphatic rings. The molecule has 2 aromatic carbocycles. The fourth-order valence-corrected chi connectivity index (χ4v) is 2.35. The van der Waals surface area contributed by atoms with Crippen molar-refractivity contribution in [2.75, 3.05) is 6.61 Å². The molecule has 0 aliphatic heterocycles. The number of rotatable bonds is 3. The molecule has 0 N–H and O–H groups in total. The highest BCUT2D eigenvalue weighted by Crippen LogP contribution is 2.25. The molecule has 3 aromatic rings. The van der Waals surface area contributed by atoms with Gasteiger partial charge in [-0.2, -0.15) is 0 Å². The van der Waals surface area contributed by atoms with E-state index in [1.54, 1.807) is 55.5 Å². The summed E-state index contributed by atoms with van der Waals surface area (Å²) < 4.78 is 10.7. The van der Waals surface area contributed by atoms with Crippen molar-refractivity contribution in [1.29, 1.82) is 0 Å². The smallest absolute Gasteiger partial charge is 0.375 e. The van der Waals surface area contributed by atoms with E-state index >= 15 is 0 Å². The van der Waals surface area contributed by atoms with E-state index in [9.17, 15) is 9.59 Å². The number of fused-ring (bicyclic) bond motifs is 1. The average Bonchev–Trinajstić information content (AvgIpc) is 2.56. The fourth-order valence-electron chi connectivity index (χ4n) is 2.35. The number of hydrogen-bond acceptors (Lipinski definition) is 4. The van der Waals surface area contributed by atoms with Crippen LogP contribution in [-0.2, 0) is 4.74 Å². The quantitative estimate of drug-likeness (QED) is 0.692. The van der Waals surface area contributed by atoms with E-state index < -0.39 is 5.97 Å². The maximum Gasteiger partial charge on any atom is 0.375 e. The molecule has 0 radical (unpaired) electrons. The predicted molar refractivity (Wildman–Crippen MR) is 83.9 cm³/mol. The predicted octanol–water partition coefficient (Wildman–Crippen LogP) is 3.64. The highest BCUT2D eigenvalue weighted by molar-refractivity contribution is 5.97. The molecule has 0 bridgehead atoms. The molecule has 0 fully saturated rings. The van der Waals surface area contributed by atoms with Crippen LogP contribution in [0.25, 0.3) is 22.1 Å². The third-order valence-electron chi connectivity index (χ3n) is 3.32. The molecule has 110 valence electrons. The molecule has 0 amide bonds. The van der Waals surface area contributed by atoms with Crippen molar-refractivity contribution in [3.05, 3.63) is 70.6 Å². The van der Waals surface area contributed by atoms with Gasteiger partial charge in [0.25, 0.3) is 0 Å². The summed E-state index contributed by atoms with van der Waals surface area (Å²) in [6.45, 7) is 1.92. The zero-order valence-electron chi connectivity index (χ0n) is 12.0. The number of esters is 1. The largest absolute Gasteiger partial charge is 0.460 e. The Labute approximate surface area is 127 Å². The molecule has 22 heavy (non-hydrogen) atoms. The first-order valence-corrected chi connectivity index (χ1v) is 7.00. The van der Waals surface area contributed by atoms with Gasteiger partial charge >= 0.3 is 5.97 Å². The van der Waals surface area contributed by atoms with Gasteiger partial charge in [-0.3, -0.25) is 4.79 Å². The zero-order valence-corrected chi connectivity index (χ0v) is 12.0. The first kappa shape index (κ1) is 14.1. The van der Waals surface area contributed by atoms with E-state index in [0.29, 0.717) is 16.5 Å². The van der Waals surface area contributed by atoms with Crippen LogP contribution in [0.3, 0.4) is 0 Å². The third kappa shape index (κ3) is 2.39. The van der Waals surface area contributed by atoms with Crippen molar-refractivity contribution < 1.29 is 13.9 Å². The summed E-state index contributed by atoms with van der Waals surface area (Å²) in [7, 11) is 0. The van der Waals surface area contributed by atoms with Gasteiger partial charge in [0.15, 0.2) is 0 Å². The van der Waals surface area contributed by atoms with Crippen LogP contribution in [0.2, 0.25) is 0 Å². The molecule has 0 atom stereocenters. The first-order valence-electron chi connectivity index (χ1n) is 7.00. The molecule has 0 aliphatic carbocycles. The van der Waals surface area contributed by atoms with Gasteiger partial charge in [-0.25, -0.2) is 4.79 Å².